The molecular weight excluding hydrogens is 410 g/mol. The molecule has 7 heteroatoms. The van der Waals surface area contributed by atoms with E-state index in [0.29, 0.717) is 18.2 Å². The van der Waals surface area contributed by atoms with E-state index in [2.05, 4.69) is 15.4 Å². The molecule has 3 aromatic rings. The molecule has 0 aliphatic heterocycles. The predicted molar refractivity (Wildman–Crippen MR) is 122 cm³/mol. The van der Waals surface area contributed by atoms with Gasteiger partial charge in [-0.25, -0.2) is 13.1 Å². The first-order chi connectivity index (χ1) is 14.9. The summed E-state index contributed by atoms with van der Waals surface area (Å²) in [7, 11) is -3.57. The molecule has 1 aliphatic carbocycles. The first kappa shape index (κ1) is 21.4. The highest BCUT2D eigenvalue weighted by Crippen LogP contribution is 2.43. The number of fused-ring (bicyclic) bond motifs is 1. The van der Waals surface area contributed by atoms with Crippen LogP contribution in [0.15, 0.2) is 47.4 Å². The fourth-order valence-corrected chi connectivity index (χ4v) is 5.39. The summed E-state index contributed by atoms with van der Waals surface area (Å²) in [4.78, 5) is 0.216. The van der Waals surface area contributed by atoms with Crippen molar-refractivity contribution in [2.75, 3.05) is 6.61 Å². The number of hydrogen-bond donors (Lipinski definition) is 1. The van der Waals surface area contributed by atoms with E-state index in [9.17, 15) is 13.7 Å². The van der Waals surface area contributed by atoms with Crippen LogP contribution in [-0.2, 0) is 10.0 Å². The van der Waals surface area contributed by atoms with Gasteiger partial charge in [0.25, 0.3) is 0 Å². The minimum absolute atomic E-state index is 0.185. The molecule has 0 saturated heterocycles. The fourth-order valence-electron chi connectivity index (χ4n) is 4.14. The van der Waals surface area contributed by atoms with Crippen molar-refractivity contribution in [3.63, 3.8) is 0 Å². The first-order valence-electron chi connectivity index (χ1n) is 10.7. The number of nitrogens with one attached hydrogen (secondary N) is 1. The van der Waals surface area contributed by atoms with Gasteiger partial charge in [-0.2, -0.15) is 5.26 Å². The molecular formula is C24H27N3O3S. The highest BCUT2D eigenvalue weighted by atomic mass is 32.2. The van der Waals surface area contributed by atoms with E-state index in [0.717, 1.165) is 47.2 Å². The van der Waals surface area contributed by atoms with Crippen LogP contribution in [0.4, 0.5) is 0 Å². The van der Waals surface area contributed by atoms with Crippen molar-refractivity contribution >= 4 is 20.9 Å². The lowest BCUT2D eigenvalue weighted by Gasteiger charge is -2.30. The summed E-state index contributed by atoms with van der Waals surface area (Å²) in [5.74, 6) is 0.783. The smallest absolute Gasteiger partial charge is 0.240 e. The van der Waals surface area contributed by atoms with Gasteiger partial charge in [0.15, 0.2) is 0 Å². The van der Waals surface area contributed by atoms with Gasteiger partial charge in [0, 0.05) is 23.5 Å². The average molecular weight is 438 g/mol. The zero-order chi connectivity index (χ0) is 22.2. The van der Waals surface area contributed by atoms with Crippen molar-refractivity contribution in [3.8, 4) is 23.1 Å². The Balaban J connectivity index is 1.88. The monoisotopic (exact) mass is 437 g/mol. The number of sulfonamides is 1. The van der Waals surface area contributed by atoms with Crippen LogP contribution in [0.5, 0.6) is 5.75 Å². The normalized spacial score (nSPS) is 14.5. The van der Waals surface area contributed by atoms with E-state index in [1.165, 1.54) is 0 Å². The van der Waals surface area contributed by atoms with Gasteiger partial charge in [-0.3, -0.25) is 0 Å². The molecule has 0 unspecified atom stereocenters. The molecule has 1 aromatic heterocycles. The SMILES string of the molecule is CCOc1ccc2c(C#N)c(-c3ccc(S(=O)(=O)NC(C)C)cc3)n(C3CCC3)c2c1. The highest BCUT2D eigenvalue weighted by Gasteiger charge is 2.28. The zero-order valence-electron chi connectivity index (χ0n) is 18.1. The summed E-state index contributed by atoms with van der Waals surface area (Å²) in [5, 5.41) is 10.9. The number of ether oxygens (including phenoxy) is 1. The highest BCUT2D eigenvalue weighted by molar-refractivity contribution is 7.89. The molecule has 0 bridgehead atoms. The van der Waals surface area contributed by atoms with Gasteiger partial charge >= 0.3 is 0 Å². The minimum Gasteiger partial charge on any atom is -0.494 e. The number of nitriles is 1. The van der Waals surface area contributed by atoms with Gasteiger partial charge in [0.2, 0.25) is 10.0 Å². The van der Waals surface area contributed by atoms with Crippen molar-refractivity contribution in [3.05, 3.63) is 48.0 Å². The number of aromatic nitrogens is 1. The molecule has 2 aromatic carbocycles. The summed E-state index contributed by atoms with van der Waals surface area (Å²) < 4.78 is 35.6. The Hall–Kier alpha value is -2.82. The van der Waals surface area contributed by atoms with Gasteiger partial charge in [-0.05, 0) is 69.9 Å². The average Bonchev–Trinajstić information content (AvgIpc) is 2.99. The molecule has 0 spiro atoms. The number of nitrogens with zero attached hydrogens (tertiary/aromatic N) is 2. The van der Waals surface area contributed by atoms with Crippen LogP contribution >= 0.6 is 0 Å². The lowest BCUT2D eigenvalue weighted by atomic mass is 9.92. The molecule has 31 heavy (non-hydrogen) atoms. The lowest BCUT2D eigenvalue weighted by molar-refractivity contribution is 0.322. The molecule has 1 heterocycles. The Morgan fingerprint density at radius 3 is 2.45 bits per heavy atom. The third-order valence-corrected chi connectivity index (χ3v) is 7.34. The van der Waals surface area contributed by atoms with E-state index >= 15 is 0 Å². The summed E-state index contributed by atoms with van der Waals surface area (Å²) in [6.07, 6.45) is 3.28. The fraction of sp³-hybridized carbons (Fsp3) is 0.375. The van der Waals surface area contributed by atoms with Crippen LogP contribution < -0.4 is 9.46 Å². The van der Waals surface area contributed by atoms with Gasteiger partial charge in [0.1, 0.15) is 11.8 Å². The van der Waals surface area contributed by atoms with Gasteiger partial charge in [0.05, 0.1) is 28.3 Å². The van der Waals surface area contributed by atoms with Crippen molar-refractivity contribution in [2.45, 2.75) is 57.0 Å². The second-order valence-electron chi connectivity index (χ2n) is 8.20. The molecule has 0 atom stereocenters. The molecule has 0 amide bonds. The van der Waals surface area contributed by atoms with Crippen LogP contribution in [0, 0.1) is 11.3 Å². The van der Waals surface area contributed by atoms with Gasteiger partial charge < -0.3 is 9.30 Å². The standard InChI is InChI=1S/C24H27N3O3S/c1-4-30-19-10-13-21-22(15-25)24(27(23(21)14-19)18-6-5-7-18)17-8-11-20(12-9-17)31(28,29)26-16(2)3/h8-14,16,18,26H,4-7H2,1-3H3. The van der Waals surface area contributed by atoms with E-state index in [4.69, 9.17) is 4.74 Å². The van der Waals surface area contributed by atoms with E-state index < -0.39 is 10.0 Å². The maximum absolute atomic E-state index is 12.5. The van der Waals surface area contributed by atoms with Crippen LogP contribution in [0.1, 0.15) is 51.6 Å². The van der Waals surface area contributed by atoms with Crippen molar-refractivity contribution in [1.82, 2.24) is 9.29 Å². The lowest BCUT2D eigenvalue weighted by Crippen LogP contribution is -2.30. The molecule has 0 radical (unpaired) electrons. The summed E-state index contributed by atoms with van der Waals surface area (Å²) in [6.45, 7) is 6.11. The molecule has 1 saturated carbocycles. The second kappa shape index (κ2) is 8.37. The number of rotatable bonds is 7. The van der Waals surface area contributed by atoms with E-state index in [-0.39, 0.29) is 10.9 Å². The van der Waals surface area contributed by atoms with Crippen molar-refractivity contribution < 1.29 is 13.2 Å². The second-order valence-corrected chi connectivity index (χ2v) is 9.92. The largest absolute Gasteiger partial charge is 0.494 e. The Labute approximate surface area is 183 Å². The molecule has 6 nitrogen and oxygen atoms in total. The Morgan fingerprint density at radius 2 is 1.90 bits per heavy atom. The van der Waals surface area contributed by atoms with Crippen LogP contribution in [-0.4, -0.2) is 25.6 Å². The summed E-state index contributed by atoms with van der Waals surface area (Å²) >= 11 is 0. The molecule has 1 fully saturated rings. The summed E-state index contributed by atoms with van der Waals surface area (Å²) in [5.41, 5.74) is 3.28. The molecule has 1 aliphatic rings. The molecule has 162 valence electrons. The zero-order valence-corrected chi connectivity index (χ0v) is 18.9. The van der Waals surface area contributed by atoms with E-state index in [1.54, 1.807) is 38.1 Å². The maximum atomic E-state index is 12.5. The van der Waals surface area contributed by atoms with Crippen molar-refractivity contribution in [2.24, 2.45) is 0 Å². The number of hydrogen-bond acceptors (Lipinski definition) is 4. The maximum Gasteiger partial charge on any atom is 0.240 e. The van der Waals surface area contributed by atoms with Crippen LogP contribution in [0.3, 0.4) is 0 Å². The summed E-state index contributed by atoms with van der Waals surface area (Å²) in [6, 6.07) is 15.2. The third-order valence-electron chi connectivity index (χ3n) is 5.67. The Bertz CT molecular complexity index is 1250. The van der Waals surface area contributed by atoms with Crippen LogP contribution in [0.2, 0.25) is 0 Å². The Morgan fingerprint density at radius 1 is 1.19 bits per heavy atom. The first-order valence-corrected chi connectivity index (χ1v) is 12.2. The predicted octanol–water partition coefficient (Wildman–Crippen LogP) is 4.99. The molecule has 1 N–H and O–H groups in total. The molecule has 4 rings (SSSR count). The van der Waals surface area contributed by atoms with Gasteiger partial charge in [-0.15, -0.1) is 0 Å². The van der Waals surface area contributed by atoms with Gasteiger partial charge in [-0.1, -0.05) is 12.1 Å². The van der Waals surface area contributed by atoms with Crippen molar-refractivity contribution in [1.29, 1.82) is 5.26 Å². The van der Waals surface area contributed by atoms with E-state index in [1.807, 2.05) is 25.1 Å². The number of benzene rings is 2. The topological polar surface area (TPSA) is 84.1 Å². The minimum atomic E-state index is -3.57. The Kier molecular flexibility index (Phi) is 5.78. The van der Waals surface area contributed by atoms with Crippen LogP contribution in [0.25, 0.3) is 22.2 Å². The third kappa shape index (κ3) is 3.93. The quantitative estimate of drug-likeness (QED) is 0.564.